The van der Waals surface area contributed by atoms with E-state index in [2.05, 4.69) is 0 Å². The molecular weight excluding hydrogens is 283 g/mol. The summed E-state index contributed by atoms with van der Waals surface area (Å²) in [6, 6.07) is 3.98. The molecule has 0 bridgehead atoms. The number of nitriles is 1. The Morgan fingerprint density at radius 3 is 2.80 bits per heavy atom. The van der Waals surface area contributed by atoms with Crippen LogP contribution in [0.3, 0.4) is 0 Å². The second-order valence-corrected chi connectivity index (χ2v) is 6.46. The highest BCUT2D eigenvalue weighted by Crippen LogP contribution is 2.25. The van der Waals surface area contributed by atoms with Crippen molar-refractivity contribution in [1.29, 1.82) is 5.26 Å². The molecular formula is C13H13FN2O3S. The summed E-state index contributed by atoms with van der Waals surface area (Å²) in [5.74, 6) is -0.767. The van der Waals surface area contributed by atoms with Crippen molar-refractivity contribution < 1.29 is 17.6 Å². The molecule has 0 saturated carbocycles. The van der Waals surface area contributed by atoms with Gasteiger partial charge in [0.25, 0.3) is 0 Å². The average molecular weight is 296 g/mol. The number of benzene rings is 1. The lowest BCUT2D eigenvalue weighted by molar-refractivity contribution is -0.111. The van der Waals surface area contributed by atoms with Crippen LogP contribution in [-0.2, 0) is 14.8 Å². The summed E-state index contributed by atoms with van der Waals surface area (Å²) in [6.45, 7) is 0.255. The second-order valence-electron chi connectivity index (χ2n) is 4.57. The molecule has 0 N–H and O–H groups in total. The molecule has 1 saturated heterocycles. The Hall–Kier alpha value is -1.78. The number of carbonyl (C=O) groups is 1. The number of hydrogen-bond acceptors (Lipinski definition) is 4. The monoisotopic (exact) mass is 296 g/mol. The SMILES string of the molecule is N#Cc1cc(S(=O)(=O)N2CCCCC2C=O)ccc1F. The van der Waals surface area contributed by atoms with E-state index < -0.39 is 21.9 Å². The Kier molecular flexibility index (Phi) is 4.16. The second kappa shape index (κ2) is 5.69. The lowest BCUT2D eigenvalue weighted by Gasteiger charge is -2.31. The minimum absolute atomic E-state index is 0.163. The van der Waals surface area contributed by atoms with Crippen molar-refractivity contribution >= 4 is 16.3 Å². The van der Waals surface area contributed by atoms with E-state index in [0.717, 1.165) is 28.9 Å². The number of rotatable bonds is 3. The van der Waals surface area contributed by atoms with Crippen molar-refractivity contribution in [2.24, 2.45) is 0 Å². The van der Waals surface area contributed by atoms with Gasteiger partial charge in [0.1, 0.15) is 18.2 Å². The molecule has 106 valence electrons. The predicted molar refractivity (Wildman–Crippen MR) is 68.7 cm³/mol. The average Bonchev–Trinajstić information content (AvgIpc) is 2.47. The first-order valence-electron chi connectivity index (χ1n) is 6.17. The van der Waals surface area contributed by atoms with Gasteiger partial charge in [-0.05, 0) is 31.0 Å². The quantitative estimate of drug-likeness (QED) is 0.791. The van der Waals surface area contributed by atoms with Crippen molar-refractivity contribution in [2.75, 3.05) is 6.54 Å². The lowest BCUT2D eigenvalue weighted by Crippen LogP contribution is -2.44. The van der Waals surface area contributed by atoms with Crippen LogP contribution in [0.2, 0.25) is 0 Å². The molecule has 0 amide bonds. The summed E-state index contributed by atoms with van der Waals surface area (Å²) < 4.78 is 39.3. The van der Waals surface area contributed by atoms with Gasteiger partial charge in [-0.2, -0.15) is 9.57 Å². The maximum atomic E-state index is 13.3. The van der Waals surface area contributed by atoms with Gasteiger partial charge in [-0.3, -0.25) is 0 Å². The fourth-order valence-corrected chi connectivity index (χ4v) is 3.91. The Morgan fingerprint density at radius 1 is 1.40 bits per heavy atom. The summed E-state index contributed by atoms with van der Waals surface area (Å²) >= 11 is 0. The number of aldehydes is 1. The van der Waals surface area contributed by atoms with Gasteiger partial charge in [-0.25, -0.2) is 12.8 Å². The largest absolute Gasteiger partial charge is 0.302 e. The molecule has 0 aliphatic carbocycles. The number of sulfonamides is 1. The Bertz CT molecular complexity index is 667. The van der Waals surface area contributed by atoms with Gasteiger partial charge >= 0.3 is 0 Å². The van der Waals surface area contributed by atoms with Gasteiger partial charge in [0, 0.05) is 6.54 Å². The summed E-state index contributed by atoms with van der Waals surface area (Å²) in [6.07, 6.45) is 2.57. The molecule has 1 heterocycles. The normalized spacial score (nSPS) is 20.3. The minimum atomic E-state index is -3.89. The first-order chi connectivity index (χ1) is 9.50. The van der Waals surface area contributed by atoms with E-state index in [1.54, 1.807) is 6.07 Å². The first kappa shape index (κ1) is 14.6. The maximum absolute atomic E-state index is 13.3. The molecule has 1 aromatic carbocycles. The molecule has 5 nitrogen and oxygen atoms in total. The lowest BCUT2D eigenvalue weighted by atomic mass is 10.1. The Labute approximate surface area is 116 Å². The van der Waals surface area contributed by atoms with Crippen molar-refractivity contribution in [3.8, 4) is 6.07 Å². The zero-order valence-electron chi connectivity index (χ0n) is 10.6. The molecule has 1 atom stereocenters. The molecule has 0 spiro atoms. The van der Waals surface area contributed by atoms with Crippen LogP contribution < -0.4 is 0 Å². The third-order valence-corrected chi connectivity index (χ3v) is 5.24. The van der Waals surface area contributed by atoms with Crippen LogP contribution >= 0.6 is 0 Å². The Balaban J connectivity index is 2.44. The van der Waals surface area contributed by atoms with Crippen LogP contribution in [0.15, 0.2) is 23.1 Å². The summed E-state index contributed by atoms with van der Waals surface area (Å²) in [7, 11) is -3.89. The number of halogens is 1. The molecule has 7 heteroatoms. The molecule has 1 aromatic rings. The van der Waals surface area contributed by atoms with Gasteiger partial charge < -0.3 is 4.79 Å². The summed E-state index contributed by atoms with van der Waals surface area (Å²) in [4.78, 5) is 10.8. The standard InChI is InChI=1S/C13H13FN2O3S/c14-13-5-4-12(7-10(13)8-15)20(18,19)16-6-2-1-3-11(16)9-17/h4-5,7,9,11H,1-3,6H2. The van der Waals surface area contributed by atoms with Gasteiger partial charge in [-0.15, -0.1) is 0 Å². The maximum Gasteiger partial charge on any atom is 0.243 e. The smallest absolute Gasteiger partial charge is 0.243 e. The van der Waals surface area contributed by atoms with E-state index >= 15 is 0 Å². The van der Waals surface area contributed by atoms with Gasteiger partial charge in [-0.1, -0.05) is 6.42 Å². The van der Waals surface area contributed by atoms with Crippen LogP contribution in [-0.4, -0.2) is 31.6 Å². The van der Waals surface area contributed by atoms with E-state index in [9.17, 15) is 17.6 Å². The number of carbonyl (C=O) groups excluding carboxylic acids is 1. The molecule has 1 aliphatic heterocycles. The highest BCUT2D eigenvalue weighted by molar-refractivity contribution is 7.89. The van der Waals surface area contributed by atoms with Gasteiger partial charge in [0.15, 0.2) is 0 Å². The highest BCUT2D eigenvalue weighted by Gasteiger charge is 2.33. The number of nitrogens with zero attached hydrogens (tertiary/aromatic N) is 2. The Morgan fingerprint density at radius 2 is 2.15 bits per heavy atom. The predicted octanol–water partition coefficient (Wildman–Crippen LogP) is 1.44. The van der Waals surface area contributed by atoms with E-state index in [-0.39, 0.29) is 17.0 Å². The molecule has 0 radical (unpaired) electrons. The van der Waals surface area contributed by atoms with Crippen LogP contribution in [0.4, 0.5) is 4.39 Å². The zero-order chi connectivity index (χ0) is 14.8. The highest BCUT2D eigenvalue weighted by atomic mass is 32.2. The summed E-state index contributed by atoms with van der Waals surface area (Å²) in [5.41, 5.74) is -0.328. The van der Waals surface area contributed by atoms with Gasteiger partial charge in [0.2, 0.25) is 10.0 Å². The van der Waals surface area contributed by atoms with E-state index in [1.165, 1.54) is 0 Å². The van der Waals surface area contributed by atoms with Crippen molar-refractivity contribution in [2.45, 2.75) is 30.2 Å². The zero-order valence-corrected chi connectivity index (χ0v) is 11.4. The minimum Gasteiger partial charge on any atom is -0.302 e. The molecule has 1 aliphatic rings. The number of hydrogen-bond donors (Lipinski definition) is 0. The fourth-order valence-electron chi connectivity index (χ4n) is 2.25. The first-order valence-corrected chi connectivity index (χ1v) is 7.61. The van der Waals surface area contributed by atoms with Crippen LogP contribution in [0.1, 0.15) is 24.8 Å². The van der Waals surface area contributed by atoms with Crippen LogP contribution in [0, 0.1) is 17.1 Å². The van der Waals surface area contributed by atoms with E-state index in [1.807, 2.05) is 0 Å². The summed E-state index contributed by atoms with van der Waals surface area (Å²) in [5, 5.41) is 8.76. The van der Waals surface area contributed by atoms with Gasteiger partial charge in [0.05, 0.1) is 16.5 Å². The molecule has 20 heavy (non-hydrogen) atoms. The van der Waals surface area contributed by atoms with Crippen molar-refractivity contribution in [3.05, 3.63) is 29.6 Å². The fraction of sp³-hybridized carbons (Fsp3) is 0.385. The van der Waals surface area contributed by atoms with Crippen molar-refractivity contribution in [1.82, 2.24) is 4.31 Å². The third kappa shape index (κ3) is 2.57. The number of piperidine rings is 1. The molecule has 1 unspecified atom stereocenters. The van der Waals surface area contributed by atoms with Crippen molar-refractivity contribution in [3.63, 3.8) is 0 Å². The van der Waals surface area contributed by atoms with Crippen LogP contribution in [0.5, 0.6) is 0 Å². The molecule has 1 fully saturated rings. The molecule has 2 rings (SSSR count). The topological polar surface area (TPSA) is 78.2 Å². The van der Waals surface area contributed by atoms with E-state index in [4.69, 9.17) is 5.26 Å². The molecule has 0 aromatic heterocycles. The van der Waals surface area contributed by atoms with Crippen LogP contribution in [0.25, 0.3) is 0 Å². The van der Waals surface area contributed by atoms with E-state index in [0.29, 0.717) is 19.1 Å². The third-order valence-electron chi connectivity index (χ3n) is 3.32.